The molecule has 0 aromatic rings. The molecule has 0 saturated carbocycles. The number of amides is 1. The molecular formula is C55H112N2O24. The normalized spacial score (nSPS) is 11.8. The van der Waals surface area contributed by atoms with Gasteiger partial charge in [0.15, 0.2) is 0 Å². The van der Waals surface area contributed by atoms with Gasteiger partial charge in [0, 0.05) is 25.0 Å². The average molecular weight is 1190 g/mol. The van der Waals surface area contributed by atoms with Crippen molar-refractivity contribution >= 4 is 5.91 Å². The van der Waals surface area contributed by atoms with Gasteiger partial charge >= 0.3 is 0 Å². The lowest BCUT2D eigenvalue weighted by Gasteiger charge is -2.09. The van der Waals surface area contributed by atoms with Gasteiger partial charge in [0.25, 0.3) is 0 Å². The van der Waals surface area contributed by atoms with Crippen molar-refractivity contribution in [2.75, 3.05) is 317 Å². The van der Waals surface area contributed by atoms with Crippen LogP contribution >= 0.6 is 0 Å². The predicted molar refractivity (Wildman–Crippen MR) is 300 cm³/mol. The highest BCUT2D eigenvalue weighted by Crippen LogP contribution is 1.92. The van der Waals surface area contributed by atoms with Crippen LogP contribution in [0.2, 0.25) is 0 Å². The standard InChI is InChI=1S/C55H112N2O24/c1-53(2)55(58)57-6-8-60-10-12-62-14-16-64-18-20-66-22-24-68-26-28-70-30-32-72-34-36-74-38-40-76-42-44-78-46-48-80-50-52-81-51-49-79-47-45-77-43-41-75-39-37-73-35-33-71-31-29-69-27-25-67-23-21-65-19-17-63-15-13-61-11-9-59-7-5-56-54(3)4/h53-54,56H,5-52H2,1-4H3,(H,57,58). The van der Waals surface area contributed by atoms with Gasteiger partial charge in [-0.05, 0) is 0 Å². The van der Waals surface area contributed by atoms with Crippen LogP contribution in [-0.4, -0.2) is 329 Å². The average Bonchev–Trinajstić information content (AvgIpc) is 3.46. The van der Waals surface area contributed by atoms with Crippen molar-refractivity contribution < 1.29 is 114 Å². The molecule has 0 heterocycles. The molecular weight excluding hydrogens is 1070 g/mol. The summed E-state index contributed by atoms with van der Waals surface area (Å²) >= 11 is 0. The Kier molecular flexibility index (Phi) is 71.4. The quantitative estimate of drug-likeness (QED) is 0.0810. The van der Waals surface area contributed by atoms with Crippen molar-refractivity contribution in [3.05, 3.63) is 0 Å². The van der Waals surface area contributed by atoms with Crippen LogP contribution in [0.3, 0.4) is 0 Å². The van der Waals surface area contributed by atoms with Crippen molar-refractivity contribution in [1.29, 1.82) is 0 Å². The van der Waals surface area contributed by atoms with E-state index in [1.54, 1.807) is 0 Å². The zero-order chi connectivity index (χ0) is 58.4. The number of ether oxygens (including phenoxy) is 23. The molecule has 0 atom stereocenters. The minimum atomic E-state index is -0.0223. The molecule has 0 fully saturated rings. The molecule has 0 unspecified atom stereocenters. The number of carbonyl (C=O) groups excluding carboxylic acids is 1. The Morgan fingerprint density at radius 3 is 0.457 bits per heavy atom. The van der Waals surface area contributed by atoms with Gasteiger partial charge in [-0.25, -0.2) is 0 Å². The van der Waals surface area contributed by atoms with Gasteiger partial charge in [0.2, 0.25) is 5.91 Å². The van der Waals surface area contributed by atoms with E-state index in [2.05, 4.69) is 24.5 Å². The topological polar surface area (TPSA) is 253 Å². The second-order valence-corrected chi connectivity index (χ2v) is 17.6. The molecule has 2 N–H and O–H groups in total. The van der Waals surface area contributed by atoms with E-state index in [0.717, 1.165) is 6.54 Å². The zero-order valence-electron chi connectivity index (χ0n) is 50.4. The maximum absolute atomic E-state index is 11.4. The van der Waals surface area contributed by atoms with E-state index in [9.17, 15) is 4.79 Å². The summed E-state index contributed by atoms with van der Waals surface area (Å²) in [6.45, 7) is 32.2. The number of nitrogens with one attached hydrogen (secondary N) is 2. The minimum absolute atomic E-state index is 0.0223. The number of carbonyl (C=O) groups is 1. The number of hydrogen-bond donors (Lipinski definition) is 2. The monoisotopic (exact) mass is 1180 g/mol. The van der Waals surface area contributed by atoms with Crippen molar-refractivity contribution in [2.24, 2.45) is 5.92 Å². The third-order valence-electron chi connectivity index (χ3n) is 10.1. The minimum Gasteiger partial charge on any atom is -0.378 e. The maximum atomic E-state index is 11.4. The van der Waals surface area contributed by atoms with Crippen molar-refractivity contribution in [3.63, 3.8) is 0 Å². The van der Waals surface area contributed by atoms with Crippen molar-refractivity contribution in [2.45, 2.75) is 33.7 Å². The van der Waals surface area contributed by atoms with Crippen LogP contribution in [0.4, 0.5) is 0 Å². The van der Waals surface area contributed by atoms with E-state index < -0.39 is 0 Å². The lowest BCUT2D eigenvalue weighted by atomic mass is 10.2. The zero-order valence-corrected chi connectivity index (χ0v) is 50.4. The molecule has 0 aromatic carbocycles. The Hall–Kier alpha value is -1.49. The maximum Gasteiger partial charge on any atom is 0.222 e. The first kappa shape index (κ1) is 79.5. The van der Waals surface area contributed by atoms with Crippen LogP contribution in [0.25, 0.3) is 0 Å². The smallest absolute Gasteiger partial charge is 0.222 e. The van der Waals surface area contributed by atoms with Gasteiger partial charge in [0.1, 0.15) is 0 Å². The van der Waals surface area contributed by atoms with Gasteiger partial charge < -0.3 is 120 Å². The Balaban J connectivity index is 3.09. The highest BCUT2D eigenvalue weighted by Gasteiger charge is 2.05. The molecule has 26 heteroatoms. The van der Waals surface area contributed by atoms with Gasteiger partial charge in [0.05, 0.1) is 304 Å². The number of hydrogen-bond acceptors (Lipinski definition) is 25. The first-order chi connectivity index (χ1) is 40.0. The fraction of sp³-hybridized carbons (Fsp3) is 0.982. The summed E-state index contributed by atoms with van der Waals surface area (Å²) < 4.78 is 127. The van der Waals surface area contributed by atoms with E-state index in [-0.39, 0.29) is 11.8 Å². The summed E-state index contributed by atoms with van der Waals surface area (Å²) in [6.07, 6.45) is 0. The molecule has 0 saturated heterocycles. The molecule has 0 radical (unpaired) electrons. The van der Waals surface area contributed by atoms with Crippen LogP contribution in [0.1, 0.15) is 27.7 Å². The fourth-order valence-electron chi connectivity index (χ4n) is 5.81. The van der Waals surface area contributed by atoms with Crippen molar-refractivity contribution in [3.8, 4) is 0 Å². The summed E-state index contributed by atoms with van der Waals surface area (Å²) in [6, 6.07) is 0.472. The second kappa shape index (κ2) is 72.8. The largest absolute Gasteiger partial charge is 0.378 e. The molecule has 0 bridgehead atoms. The highest BCUT2D eigenvalue weighted by molar-refractivity contribution is 5.77. The lowest BCUT2D eigenvalue weighted by Crippen LogP contribution is -2.31. The van der Waals surface area contributed by atoms with Gasteiger partial charge in [-0.1, -0.05) is 27.7 Å². The summed E-state index contributed by atoms with van der Waals surface area (Å²) in [7, 11) is 0. The van der Waals surface area contributed by atoms with E-state index in [0.29, 0.717) is 317 Å². The first-order valence-electron chi connectivity index (χ1n) is 29.3. The Morgan fingerprint density at radius 2 is 0.333 bits per heavy atom. The van der Waals surface area contributed by atoms with Crippen molar-refractivity contribution in [1.82, 2.24) is 10.6 Å². The van der Waals surface area contributed by atoms with E-state index in [1.165, 1.54) is 0 Å². The summed E-state index contributed by atoms with van der Waals surface area (Å²) in [5, 5.41) is 6.10. The molecule has 0 aliphatic rings. The van der Waals surface area contributed by atoms with Crippen LogP contribution in [0.15, 0.2) is 0 Å². The van der Waals surface area contributed by atoms with Crippen LogP contribution in [0, 0.1) is 5.92 Å². The van der Waals surface area contributed by atoms with Gasteiger partial charge in [-0.3, -0.25) is 4.79 Å². The summed E-state index contributed by atoms with van der Waals surface area (Å²) in [5.41, 5.74) is 0. The van der Waals surface area contributed by atoms with Crippen LogP contribution < -0.4 is 10.6 Å². The molecule has 81 heavy (non-hydrogen) atoms. The van der Waals surface area contributed by atoms with Gasteiger partial charge in [-0.15, -0.1) is 0 Å². The molecule has 1 amide bonds. The van der Waals surface area contributed by atoms with Crippen LogP contribution in [-0.2, 0) is 114 Å². The lowest BCUT2D eigenvalue weighted by molar-refractivity contribution is -0.124. The van der Waals surface area contributed by atoms with E-state index >= 15 is 0 Å². The molecule has 486 valence electrons. The highest BCUT2D eigenvalue weighted by atomic mass is 16.6. The molecule has 0 aliphatic heterocycles. The van der Waals surface area contributed by atoms with E-state index in [1.807, 2.05) is 13.8 Å². The molecule has 0 spiro atoms. The SMILES string of the molecule is CC(C)NCCOCCOCCOCCOCCOCCOCCOCCOCCOCCOCCOCCOCCOCCOCCOCCOCCOCCOCCOCCOCCOCCOCCOCCNC(=O)C(C)C. The van der Waals surface area contributed by atoms with Gasteiger partial charge in [-0.2, -0.15) is 0 Å². The number of rotatable bonds is 74. The second-order valence-electron chi connectivity index (χ2n) is 17.6. The summed E-state index contributed by atoms with van der Waals surface area (Å²) in [5.74, 6) is 0.00360. The third-order valence-corrected chi connectivity index (χ3v) is 10.1. The Bertz CT molecular complexity index is 1170. The Morgan fingerprint density at radius 1 is 0.210 bits per heavy atom. The Labute approximate surface area is 485 Å². The molecule has 0 aliphatic carbocycles. The first-order valence-corrected chi connectivity index (χ1v) is 29.3. The third kappa shape index (κ3) is 74.6. The molecule has 0 rings (SSSR count). The van der Waals surface area contributed by atoms with E-state index in [4.69, 9.17) is 109 Å². The predicted octanol–water partition coefficient (Wildman–Crippen LogP) is 1.14. The van der Waals surface area contributed by atoms with Crippen LogP contribution in [0.5, 0.6) is 0 Å². The summed E-state index contributed by atoms with van der Waals surface area (Å²) in [4.78, 5) is 11.4. The molecule has 26 nitrogen and oxygen atoms in total. The fourth-order valence-corrected chi connectivity index (χ4v) is 5.81. The molecule has 0 aromatic heterocycles.